The molecule has 0 rings (SSSR count). The van der Waals surface area contributed by atoms with Crippen LogP contribution in [-0.2, 0) is 22.4 Å². The standard InChI is InChI=1S/Ag.3NO3.2H3N/c;3*2-1(3)4;;/h;;;;2*1H3/q+1;3*-1;;/p+2. The molecule has 15 heteroatoms. The number of hydrogen-bond donors (Lipinski definition) is 2. The number of quaternary nitrogens is 2. The molecule has 0 aliphatic carbocycles. The molecule has 0 saturated heterocycles. The third-order valence-electron chi connectivity index (χ3n) is 0. The zero-order chi connectivity index (χ0) is 10.7. The van der Waals surface area contributed by atoms with Crippen LogP contribution in [0.15, 0.2) is 0 Å². The second-order valence-electron chi connectivity index (χ2n) is 0.671. The number of nitrogens with zero attached hydrogens (tertiary/aromatic N) is 3. The van der Waals surface area contributed by atoms with Crippen LogP contribution < -0.4 is 12.3 Å². The van der Waals surface area contributed by atoms with Crippen molar-refractivity contribution in [2.24, 2.45) is 0 Å². The van der Waals surface area contributed by atoms with Gasteiger partial charge in [0.1, 0.15) is 0 Å². The van der Waals surface area contributed by atoms with E-state index < -0.39 is 15.3 Å². The summed E-state index contributed by atoms with van der Waals surface area (Å²) in [7, 11) is 0. The predicted octanol–water partition coefficient (Wildman–Crippen LogP) is 0.0326. The predicted molar refractivity (Wildman–Crippen MR) is 43.1 cm³/mol. The first kappa shape index (κ1) is 37.8. The summed E-state index contributed by atoms with van der Waals surface area (Å²) in [6.07, 6.45) is 0. The molecule has 15 heavy (non-hydrogen) atoms. The van der Waals surface area contributed by atoms with Crippen molar-refractivity contribution in [3.63, 3.8) is 0 Å². The van der Waals surface area contributed by atoms with E-state index >= 15 is 0 Å². The zero-order valence-electron chi connectivity index (χ0n) is 7.32. The first-order valence-corrected chi connectivity index (χ1v) is 1.64. The van der Waals surface area contributed by atoms with Crippen LogP contribution in [0.4, 0.5) is 0 Å². The molecule has 0 spiro atoms. The third-order valence-corrected chi connectivity index (χ3v) is 0. The van der Waals surface area contributed by atoms with E-state index in [9.17, 15) is 0 Å². The van der Waals surface area contributed by atoms with Crippen LogP contribution in [0, 0.1) is 46.0 Å². The first-order chi connectivity index (χ1) is 5.20. The average Bonchev–Trinajstić information content (AvgIpc) is 1.54. The van der Waals surface area contributed by atoms with Gasteiger partial charge in [0.15, 0.2) is 0 Å². The molecule has 14 nitrogen and oxygen atoms in total. The van der Waals surface area contributed by atoms with E-state index in [1.807, 2.05) is 0 Å². The van der Waals surface area contributed by atoms with Crippen molar-refractivity contribution < 1.29 is 37.6 Å². The van der Waals surface area contributed by atoms with Crippen LogP contribution in [0.2, 0.25) is 0 Å². The molecule has 0 bridgehead atoms. The minimum atomic E-state index is -1.75. The molecule has 0 aromatic carbocycles. The van der Waals surface area contributed by atoms with E-state index in [2.05, 4.69) is 0 Å². The van der Waals surface area contributed by atoms with E-state index in [0.29, 0.717) is 0 Å². The Bertz CT molecular complexity index is 116. The Balaban J connectivity index is -0.0000000184. The molecule has 0 unspecified atom stereocenters. The van der Waals surface area contributed by atoms with Crippen LogP contribution in [0.25, 0.3) is 0 Å². The van der Waals surface area contributed by atoms with Crippen molar-refractivity contribution in [2.45, 2.75) is 0 Å². The van der Waals surface area contributed by atoms with Crippen molar-refractivity contribution in [3.8, 4) is 0 Å². The summed E-state index contributed by atoms with van der Waals surface area (Å²) in [6, 6.07) is 0. The van der Waals surface area contributed by atoms with Gasteiger partial charge in [-0.3, -0.25) is 0 Å². The fourth-order valence-corrected chi connectivity index (χ4v) is 0. The second kappa shape index (κ2) is 29.5. The molecule has 0 fully saturated rings. The van der Waals surface area contributed by atoms with Gasteiger partial charge in [0.2, 0.25) is 0 Å². The largest absolute Gasteiger partial charge is 1.00 e. The molecule has 0 aliphatic rings. The molecular formula is H8AgN5O9. The summed E-state index contributed by atoms with van der Waals surface area (Å²) >= 11 is 0. The van der Waals surface area contributed by atoms with E-state index in [1.165, 1.54) is 0 Å². The van der Waals surface area contributed by atoms with Crippen LogP contribution in [-0.4, -0.2) is 15.3 Å². The zero-order valence-corrected chi connectivity index (χ0v) is 8.80. The fourth-order valence-electron chi connectivity index (χ4n) is 0. The van der Waals surface area contributed by atoms with Gasteiger partial charge in [-0.2, -0.15) is 0 Å². The van der Waals surface area contributed by atoms with E-state index in [4.69, 9.17) is 46.0 Å². The van der Waals surface area contributed by atoms with Crippen molar-refractivity contribution >= 4 is 0 Å². The average molecular weight is 330 g/mol. The summed E-state index contributed by atoms with van der Waals surface area (Å²) < 4.78 is 0. The molecule has 0 atom stereocenters. The molecule has 0 aromatic heterocycles. The SMILES string of the molecule is O=[N+]([O-])[O-].O=[N+]([O-])[O-].O=[N+]([O-])[O-].[Ag+].[NH4+].[NH4+]. The van der Waals surface area contributed by atoms with Crippen molar-refractivity contribution in [3.05, 3.63) is 46.0 Å². The molecule has 8 N–H and O–H groups in total. The van der Waals surface area contributed by atoms with Crippen LogP contribution in [0.5, 0.6) is 0 Å². The number of hydrogen-bond acceptors (Lipinski definition) is 9. The summed E-state index contributed by atoms with van der Waals surface area (Å²) in [5, 5.41) is 44.2. The van der Waals surface area contributed by atoms with Gasteiger partial charge in [-0.05, 0) is 0 Å². The molecule has 0 saturated carbocycles. The maximum absolute atomic E-state index is 8.25. The topological polar surface area (TPSA) is 272 Å². The van der Waals surface area contributed by atoms with Gasteiger partial charge in [0, 0.05) is 0 Å². The van der Waals surface area contributed by atoms with E-state index in [0.717, 1.165) is 0 Å². The Morgan fingerprint density at radius 1 is 0.533 bits per heavy atom. The van der Waals surface area contributed by atoms with Crippen LogP contribution in [0.3, 0.4) is 0 Å². The summed E-state index contributed by atoms with van der Waals surface area (Å²) in [6.45, 7) is 0. The van der Waals surface area contributed by atoms with Gasteiger partial charge in [0.25, 0.3) is 0 Å². The Labute approximate surface area is 96.5 Å². The maximum Gasteiger partial charge on any atom is 1.00 e. The van der Waals surface area contributed by atoms with Crippen molar-refractivity contribution in [1.82, 2.24) is 12.3 Å². The fraction of sp³-hybridized carbons (Fsp3) is 0. The van der Waals surface area contributed by atoms with Gasteiger partial charge in [0.05, 0.1) is 15.3 Å². The van der Waals surface area contributed by atoms with Crippen molar-refractivity contribution in [2.75, 3.05) is 0 Å². The Kier molecular flexibility index (Phi) is 74.3. The Hall–Kier alpha value is -1.74. The smallest absolute Gasteiger partial charge is 0.369 e. The Morgan fingerprint density at radius 3 is 0.533 bits per heavy atom. The summed E-state index contributed by atoms with van der Waals surface area (Å²) in [4.78, 5) is 24.8. The molecule has 0 aromatic rings. The quantitative estimate of drug-likeness (QED) is 0.343. The molecule has 98 valence electrons. The van der Waals surface area contributed by atoms with Crippen molar-refractivity contribution in [1.29, 1.82) is 0 Å². The van der Waals surface area contributed by atoms with Gasteiger partial charge in [-0.1, -0.05) is 0 Å². The van der Waals surface area contributed by atoms with Gasteiger partial charge >= 0.3 is 22.4 Å². The minimum Gasteiger partial charge on any atom is -0.369 e. The minimum absolute atomic E-state index is 0. The summed E-state index contributed by atoms with van der Waals surface area (Å²) in [5.41, 5.74) is 0. The van der Waals surface area contributed by atoms with Gasteiger partial charge in [-0.25, -0.2) is 0 Å². The van der Waals surface area contributed by atoms with Crippen LogP contribution in [0.1, 0.15) is 0 Å². The molecule has 0 aliphatic heterocycles. The van der Waals surface area contributed by atoms with Gasteiger partial charge < -0.3 is 58.3 Å². The third kappa shape index (κ3) is 426. The molecular weight excluding hydrogens is 322 g/mol. The molecule has 0 amide bonds. The second-order valence-corrected chi connectivity index (χ2v) is 0.671. The van der Waals surface area contributed by atoms with E-state index in [1.54, 1.807) is 0 Å². The molecule has 0 heterocycles. The van der Waals surface area contributed by atoms with Crippen LogP contribution >= 0.6 is 0 Å². The molecule has 0 radical (unpaired) electrons. The van der Waals surface area contributed by atoms with Gasteiger partial charge in [-0.15, -0.1) is 0 Å². The summed E-state index contributed by atoms with van der Waals surface area (Å²) in [5.74, 6) is 0. The first-order valence-electron chi connectivity index (χ1n) is 1.64. The maximum atomic E-state index is 8.25. The Morgan fingerprint density at radius 2 is 0.533 bits per heavy atom. The normalized spacial score (nSPS) is 4.80. The number of rotatable bonds is 0. The monoisotopic (exact) mass is 329 g/mol. The van der Waals surface area contributed by atoms with E-state index in [-0.39, 0.29) is 34.7 Å².